The Morgan fingerprint density at radius 1 is 1.38 bits per heavy atom. The van der Waals surface area contributed by atoms with E-state index in [9.17, 15) is 22.8 Å². The van der Waals surface area contributed by atoms with Crippen LogP contribution in [0.3, 0.4) is 0 Å². The highest BCUT2D eigenvalue weighted by molar-refractivity contribution is 6.37. The third-order valence-electron chi connectivity index (χ3n) is 4.97. The molecular formula is C18H23F3N4O3Si. The van der Waals surface area contributed by atoms with Gasteiger partial charge in [-0.25, -0.2) is 4.98 Å². The van der Waals surface area contributed by atoms with E-state index in [2.05, 4.69) is 4.98 Å². The number of nitrogens with zero attached hydrogens (tertiary/aromatic N) is 4. The second-order valence-electron chi connectivity index (χ2n) is 7.27. The Balaban J connectivity index is 1.72. The second kappa shape index (κ2) is 8.23. The quantitative estimate of drug-likeness (QED) is 0.500. The summed E-state index contributed by atoms with van der Waals surface area (Å²) in [5, 5.41) is 1.14. The predicted octanol–water partition coefficient (Wildman–Crippen LogP) is 0.326. The fourth-order valence-corrected chi connectivity index (χ4v) is 3.59. The molecule has 158 valence electrons. The van der Waals surface area contributed by atoms with Gasteiger partial charge in [0.05, 0.1) is 37.4 Å². The maximum absolute atomic E-state index is 13.0. The molecule has 3 heterocycles. The van der Waals surface area contributed by atoms with Crippen LogP contribution < -0.4 is 9.80 Å². The van der Waals surface area contributed by atoms with E-state index >= 15 is 0 Å². The normalized spacial score (nSPS) is 19.1. The first kappa shape index (κ1) is 21.4. The Morgan fingerprint density at radius 3 is 2.76 bits per heavy atom. The van der Waals surface area contributed by atoms with Gasteiger partial charge >= 0.3 is 6.18 Å². The molecule has 0 bridgehead atoms. The van der Waals surface area contributed by atoms with Crippen LogP contribution in [0.2, 0.25) is 0 Å². The van der Waals surface area contributed by atoms with Crippen LogP contribution in [-0.2, 0) is 20.5 Å². The van der Waals surface area contributed by atoms with Gasteiger partial charge in [0.1, 0.15) is 6.04 Å². The SMILES string of the molecule is CC(=[SiH2])COCCC(=O)N1CCN2c3ncc(C(F)(F)F)cc3N(C)C(=O)[C@H]2C1. The number of aromatic nitrogens is 1. The van der Waals surface area contributed by atoms with Gasteiger partial charge in [0.2, 0.25) is 5.91 Å². The summed E-state index contributed by atoms with van der Waals surface area (Å²) < 4.78 is 44.5. The first-order valence-corrected chi connectivity index (χ1v) is 9.91. The smallest absolute Gasteiger partial charge is 0.377 e. The molecule has 2 aliphatic rings. The van der Waals surface area contributed by atoms with E-state index in [4.69, 9.17) is 4.74 Å². The average molecular weight is 428 g/mol. The number of hydrogen-bond donors (Lipinski definition) is 0. The predicted molar refractivity (Wildman–Crippen MR) is 105 cm³/mol. The number of anilines is 2. The summed E-state index contributed by atoms with van der Waals surface area (Å²) in [4.78, 5) is 33.7. The minimum absolute atomic E-state index is 0.109. The van der Waals surface area contributed by atoms with E-state index in [-0.39, 0.29) is 30.5 Å². The lowest BCUT2D eigenvalue weighted by atomic mass is 10.0. The Hall–Kier alpha value is -2.27. The van der Waals surface area contributed by atoms with Crippen LogP contribution in [0.15, 0.2) is 12.3 Å². The molecular weight excluding hydrogens is 405 g/mol. The third-order valence-corrected chi connectivity index (χ3v) is 5.17. The van der Waals surface area contributed by atoms with Crippen molar-refractivity contribution in [3.63, 3.8) is 0 Å². The Bertz CT molecular complexity index is 833. The zero-order valence-corrected chi connectivity index (χ0v) is 17.7. The summed E-state index contributed by atoms with van der Waals surface area (Å²) in [6.45, 7) is 3.63. The molecule has 0 unspecified atom stereocenters. The van der Waals surface area contributed by atoms with Crippen molar-refractivity contribution in [3.8, 4) is 0 Å². The molecule has 1 fully saturated rings. The number of pyridine rings is 1. The van der Waals surface area contributed by atoms with E-state index in [0.717, 1.165) is 17.4 Å². The van der Waals surface area contributed by atoms with Gasteiger partial charge in [-0.2, -0.15) is 13.2 Å². The van der Waals surface area contributed by atoms with E-state index in [1.54, 1.807) is 19.7 Å². The van der Waals surface area contributed by atoms with Crippen molar-refractivity contribution < 1.29 is 27.5 Å². The number of alkyl halides is 3. The lowest BCUT2D eigenvalue weighted by Crippen LogP contribution is -2.63. The highest BCUT2D eigenvalue weighted by Crippen LogP contribution is 2.39. The van der Waals surface area contributed by atoms with Gasteiger partial charge in [-0.3, -0.25) is 9.59 Å². The van der Waals surface area contributed by atoms with Gasteiger partial charge in [-0.15, -0.1) is 0 Å². The summed E-state index contributed by atoms with van der Waals surface area (Å²) in [5.41, 5.74) is -0.774. The molecule has 0 N–H and O–H groups in total. The number of carbonyl (C=O) groups is 2. The molecule has 1 atom stereocenters. The van der Waals surface area contributed by atoms with Crippen LogP contribution in [0.4, 0.5) is 24.7 Å². The first-order chi connectivity index (χ1) is 13.6. The van der Waals surface area contributed by atoms with Crippen molar-refractivity contribution in [1.29, 1.82) is 0 Å². The summed E-state index contributed by atoms with van der Waals surface area (Å²) in [6, 6.07) is 0.279. The molecule has 1 saturated heterocycles. The summed E-state index contributed by atoms with van der Waals surface area (Å²) in [5.74, 6) is -0.137. The molecule has 0 radical (unpaired) electrons. The van der Waals surface area contributed by atoms with Gasteiger partial charge in [0.15, 0.2) is 5.82 Å². The molecule has 0 saturated carbocycles. The molecule has 11 heteroatoms. The van der Waals surface area contributed by atoms with Gasteiger partial charge in [0.25, 0.3) is 5.91 Å². The average Bonchev–Trinajstić information content (AvgIpc) is 2.67. The van der Waals surface area contributed by atoms with Crippen molar-refractivity contribution >= 4 is 38.3 Å². The second-order valence-corrected chi connectivity index (χ2v) is 8.48. The molecule has 0 aromatic carbocycles. The lowest BCUT2D eigenvalue weighted by molar-refractivity contribution is -0.138. The largest absolute Gasteiger partial charge is 0.417 e. The molecule has 1 aromatic rings. The van der Waals surface area contributed by atoms with Crippen molar-refractivity contribution in [2.45, 2.75) is 25.6 Å². The molecule has 0 aliphatic carbocycles. The van der Waals surface area contributed by atoms with Crippen LogP contribution in [0, 0.1) is 0 Å². The fraction of sp³-hybridized carbons (Fsp3) is 0.556. The van der Waals surface area contributed by atoms with E-state index in [1.807, 2.05) is 6.92 Å². The van der Waals surface area contributed by atoms with Crippen LogP contribution in [0.1, 0.15) is 18.9 Å². The molecule has 2 amide bonds. The van der Waals surface area contributed by atoms with Crippen LogP contribution in [0.5, 0.6) is 0 Å². The molecule has 3 rings (SSSR count). The highest BCUT2D eigenvalue weighted by Gasteiger charge is 2.43. The van der Waals surface area contributed by atoms with Gasteiger partial charge in [0, 0.05) is 26.3 Å². The van der Waals surface area contributed by atoms with Crippen molar-refractivity contribution in [3.05, 3.63) is 17.8 Å². The maximum atomic E-state index is 13.0. The van der Waals surface area contributed by atoms with Crippen molar-refractivity contribution in [2.75, 3.05) is 49.7 Å². The van der Waals surface area contributed by atoms with Gasteiger partial charge in [-0.05, 0) is 22.8 Å². The minimum atomic E-state index is -4.54. The Kier molecular flexibility index (Phi) is 6.08. The molecule has 7 nitrogen and oxygen atoms in total. The number of amides is 2. The highest BCUT2D eigenvalue weighted by atomic mass is 28.1. The number of fused-ring (bicyclic) bond motifs is 3. The van der Waals surface area contributed by atoms with E-state index in [1.165, 1.54) is 11.9 Å². The minimum Gasteiger partial charge on any atom is -0.377 e. The zero-order valence-electron chi connectivity index (χ0n) is 16.3. The van der Waals surface area contributed by atoms with Crippen LogP contribution in [0.25, 0.3) is 0 Å². The van der Waals surface area contributed by atoms with Crippen LogP contribution in [-0.4, -0.2) is 82.7 Å². The topological polar surface area (TPSA) is 66.0 Å². The number of carbonyl (C=O) groups excluding carboxylic acids is 2. The number of rotatable bonds is 5. The molecule has 0 spiro atoms. The Labute approximate surface area is 169 Å². The van der Waals surface area contributed by atoms with Gasteiger partial charge < -0.3 is 19.4 Å². The number of likely N-dealkylation sites (N-methyl/N-ethyl adjacent to an activating group) is 1. The Morgan fingerprint density at radius 2 is 2.10 bits per heavy atom. The number of hydrogen-bond acceptors (Lipinski definition) is 5. The number of halogens is 3. The van der Waals surface area contributed by atoms with E-state index < -0.39 is 17.8 Å². The monoisotopic (exact) mass is 428 g/mol. The van der Waals surface area contributed by atoms with Crippen molar-refractivity contribution in [2.24, 2.45) is 0 Å². The molecule has 29 heavy (non-hydrogen) atoms. The maximum Gasteiger partial charge on any atom is 0.417 e. The fourth-order valence-electron chi connectivity index (χ4n) is 3.45. The lowest BCUT2D eigenvalue weighted by Gasteiger charge is -2.46. The molecule has 2 aliphatic heterocycles. The molecule has 1 aromatic heterocycles. The zero-order chi connectivity index (χ0) is 21.3. The summed E-state index contributed by atoms with van der Waals surface area (Å²) in [7, 11) is 3.17. The number of ether oxygens (including phenoxy) is 1. The van der Waals surface area contributed by atoms with E-state index in [0.29, 0.717) is 32.1 Å². The van der Waals surface area contributed by atoms with Crippen LogP contribution >= 0.6 is 0 Å². The summed E-state index contributed by atoms with van der Waals surface area (Å²) >= 11 is 0. The third kappa shape index (κ3) is 4.50. The van der Waals surface area contributed by atoms with Crippen molar-refractivity contribution in [1.82, 2.24) is 9.88 Å². The van der Waals surface area contributed by atoms with Gasteiger partial charge in [-0.1, -0.05) is 5.17 Å². The first-order valence-electron chi connectivity index (χ1n) is 9.21. The standard InChI is InChI=1S/C18H23F3N4O3Si/c1-11(29)10-28-6-3-15(26)24-4-5-25-14(9-24)17(27)23(2)13-7-12(18(19,20)21)8-22-16(13)25/h7-8,14H,3-6,9-10,29H2,1-2H3/t14-/m1/s1. The number of piperazine rings is 1. The summed E-state index contributed by atoms with van der Waals surface area (Å²) in [6.07, 6.45) is -3.54.